The molecular weight excluding hydrogens is 252 g/mol. The normalized spacial score (nSPS) is 33.4. The molecule has 3 fully saturated rings. The Hall–Kier alpha value is -0.770. The average Bonchev–Trinajstić information content (AvgIpc) is 3.10. The molecule has 2 saturated heterocycles. The molecule has 0 aromatic rings. The van der Waals surface area contributed by atoms with Crippen LogP contribution in [0.15, 0.2) is 0 Å². The minimum absolute atomic E-state index is 0.282. The second-order valence-electron chi connectivity index (χ2n) is 7.68. The number of hydrogen-bond donors (Lipinski definition) is 1. The highest BCUT2D eigenvalue weighted by molar-refractivity contribution is 5.72. The van der Waals surface area contributed by atoms with Gasteiger partial charge in [-0.1, -0.05) is 0 Å². The van der Waals surface area contributed by atoms with Crippen LogP contribution in [0.25, 0.3) is 0 Å². The minimum atomic E-state index is -0.282. The summed E-state index contributed by atoms with van der Waals surface area (Å²) >= 11 is 0. The van der Waals surface area contributed by atoms with Crippen LogP contribution >= 0.6 is 0 Å². The van der Waals surface area contributed by atoms with Gasteiger partial charge in [-0.05, 0) is 65.2 Å². The zero-order valence-corrected chi connectivity index (χ0v) is 13.0. The predicted octanol–water partition coefficient (Wildman–Crippen LogP) is 3.16. The summed E-state index contributed by atoms with van der Waals surface area (Å²) in [7, 11) is 0. The summed E-state index contributed by atoms with van der Waals surface area (Å²) in [5.41, 5.74) is -0.282. The maximum absolute atomic E-state index is 8.25. The number of fused-ring (bicyclic) bond motifs is 2. The second kappa shape index (κ2) is 5.21. The van der Waals surface area contributed by atoms with E-state index in [0.29, 0.717) is 24.2 Å². The number of piperidine rings is 1. The Morgan fingerprint density at radius 3 is 2.20 bits per heavy atom. The van der Waals surface area contributed by atoms with Crippen molar-refractivity contribution in [3.05, 3.63) is 0 Å². The standard InChI is InChI=1S/C16H28N2O2/c1-16(2,3)20-15(17)18-12-6-7-13(18)9-14(8-12)19-10-11-4-5-11/h11-14,17H,4-10H2,1-3H3. The summed E-state index contributed by atoms with van der Waals surface area (Å²) in [6.45, 7) is 6.98. The quantitative estimate of drug-likeness (QED) is 0.638. The van der Waals surface area contributed by atoms with E-state index in [4.69, 9.17) is 14.9 Å². The molecule has 20 heavy (non-hydrogen) atoms. The summed E-state index contributed by atoms with van der Waals surface area (Å²) in [5, 5.41) is 8.25. The van der Waals surface area contributed by atoms with Crippen molar-refractivity contribution >= 4 is 6.02 Å². The van der Waals surface area contributed by atoms with E-state index in [1.54, 1.807) is 0 Å². The molecule has 0 amide bonds. The van der Waals surface area contributed by atoms with E-state index in [2.05, 4.69) is 4.90 Å². The van der Waals surface area contributed by atoms with E-state index in [-0.39, 0.29) is 5.60 Å². The van der Waals surface area contributed by atoms with Crippen LogP contribution in [0.5, 0.6) is 0 Å². The molecule has 2 atom stereocenters. The highest BCUT2D eigenvalue weighted by Gasteiger charge is 2.44. The highest BCUT2D eigenvalue weighted by atomic mass is 16.5. The third-order valence-corrected chi connectivity index (χ3v) is 4.59. The molecule has 114 valence electrons. The molecule has 2 heterocycles. The van der Waals surface area contributed by atoms with Crippen molar-refractivity contribution < 1.29 is 9.47 Å². The zero-order valence-electron chi connectivity index (χ0n) is 13.0. The Labute approximate surface area is 122 Å². The van der Waals surface area contributed by atoms with Gasteiger partial charge in [-0.15, -0.1) is 0 Å². The van der Waals surface area contributed by atoms with Crippen molar-refractivity contribution in [3.63, 3.8) is 0 Å². The topological polar surface area (TPSA) is 45.5 Å². The first-order chi connectivity index (χ1) is 9.42. The van der Waals surface area contributed by atoms with Crippen molar-refractivity contribution in [2.75, 3.05) is 6.61 Å². The lowest BCUT2D eigenvalue weighted by molar-refractivity contribution is -0.0185. The van der Waals surface area contributed by atoms with Crippen LogP contribution in [0.3, 0.4) is 0 Å². The van der Waals surface area contributed by atoms with E-state index < -0.39 is 0 Å². The van der Waals surface area contributed by atoms with Gasteiger partial charge in [0.25, 0.3) is 6.02 Å². The summed E-state index contributed by atoms with van der Waals surface area (Å²) in [4.78, 5) is 2.21. The van der Waals surface area contributed by atoms with Crippen LogP contribution in [0.2, 0.25) is 0 Å². The fourth-order valence-electron chi connectivity index (χ4n) is 3.49. The third-order valence-electron chi connectivity index (χ3n) is 4.59. The number of nitrogens with one attached hydrogen (secondary N) is 1. The van der Waals surface area contributed by atoms with Gasteiger partial charge >= 0.3 is 0 Å². The van der Waals surface area contributed by atoms with Crippen molar-refractivity contribution in [2.45, 2.75) is 83.1 Å². The van der Waals surface area contributed by atoms with E-state index >= 15 is 0 Å². The van der Waals surface area contributed by atoms with Crippen LogP contribution in [-0.2, 0) is 9.47 Å². The zero-order chi connectivity index (χ0) is 14.3. The lowest BCUT2D eigenvalue weighted by Crippen LogP contribution is -2.50. The summed E-state index contributed by atoms with van der Waals surface area (Å²) in [6, 6.07) is 1.27. The van der Waals surface area contributed by atoms with Gasteiger partial charge in [-0.25, -0.2) is 0 Å². The van der Waals surface area contributed by atoms with Gasteiger partial charge in [0.15, 0.2) is 0 Å². The van der Waals surface area contributed by atoms with Crippen molar-refractivity contribution in [2.24, 2.45) is 5.92 Å². The van der Waals surface area contributed by atoms with Gasteiger partial charge in [0.05, 0.1) is 6.10 Å². The molecule has 2 unspecified atom stereocenters. The lowest BCUT2D eigenvalue weighted by atomic mass is 10.00. The predicted molar refractivity (Wildman–Crippen MR) is 78.9 cm³/mol. The van der Waals surface area contributed by atoms with Gasteiger partial charge in [0.1, 0.15) is 5.60 Å². The minimum Gasteiger partial charge on any atom is -0.460 e. The van der Waals surface area contributed by atoms with Gasteiger partial charge in [-0.2, -0.15) is 0 Å². The average molecular weight is 280 g/mol. The Balaban J connectivity index is 1.55. The summed E-state index contributed by atoms with van der Waals surface area (Å²) in [6.07, 6.45) is 7.63. The largest absolute Gasteiger partial charge is 0.460 e. The first-order valence-corrected chi connectivity index (χ1v) is 8.10. The van der Waals surface area contributed by atoms with Crippen LogP contribution in [0, 0.1) is 11.3 Å². The van der Waals surface area contributed by atoms with Crippen molar-refractivity contribution in [1.82, 2.24) is 4.90 Å². The van der Waals surface area contributed by atoms with Crippen LogP contribution in [0.4, 0.5) is 0 Å². The maximum atomic E-state index is 8.25. The molecule has 4 nitrogen and oxygen atoms in total. The number of amidine groups is 1. The van der Waals surface area contributed by atoms with Crippen LogP contribution in [0.1, 0.15) is 59.3 Å². The van der Waals surface area contributed by atoms with E-state index in [0.717, 1.165) is 25.4 Å². The van der Waals surface area contributed by atoms with E-state index in [9.17, 15) is 0 Å². The third kappa shape index (κ3) is 3.27. The van der Waals surface area contributed by atoms with Gasteiger partial charge in [0.2, 0.25) is 0 Å². The Morgan fingerprint density at radius 2 is 1.70 bits per heavy atom. The molecule has 0 spiro atoms. The highest BCUT2D eigenvalue weighted by Crippen LogP contribution is 2.38. The first kappa shape index (κ1) is 14.2. The SMILES string of the molecule is CC(C)(C)OC(=N)N1C2CCC1CC(OCC1CC1)C2. The van der Waals surface area contributed by atoms with Gasteiger partial charge in [-0.3, -0.25) is 5.41 Å². The maximum Gasteiger partial charge on any atom is 0.285 e. The molecule has 2 bridgehead atoms. The molecular formula is C16H28N2O2. The molecule has 0 aromatic heterocycles. The lowest BCUT2D eigenvalue weighted by Gasteiger charge is -2.41. The van der Waals surface area contributed by atoms with E-state index in [1.807, 2.05) is 20.8 Å². The smallest absolute Gasteiger partial charge is 0.285 e. The fraction of sp³-hybridized carbons (Fsp3) is 0.938. The van der Waals surface area contributed by atoms with Crippen molar-refractivity contribution in [1.29, 1.82) is 5.41 Å². The Bertz CT molecular complexity index is 359. The number of nitrogens with zero attached hydrogens (tertiary/aromatic N) is 1. The Morgan fingerprint density at radius 1 is 1.10 bits per heavy atom. The number of hydrogen-bond acceptors (Lipinski definition) is 3. The van der Waals surface area contributed by atoms with Gasteiger partial charge < -0.3 is 14.4 Å². The van der Waals surface area contributed by atoms with Crippen molar-refractivity contribution in [3.8, 4) is 0 Å². The Kier molecular flexibility index (Phi) is 3.69. The molecule has 1 N–H and O–H groups in total. The molecule has 1 saturated carbocycles. The first-order valence-electron chi connectivity index (χ1n) is 8.10. The monoisotopic (exact) mass is 280 g/mol. The summed E-state index contributed by atoms with van der Waals surface area (Å²) < 4.78 is 11.8. The molecule has 0 radical (unpaired) electrons. The van der Waals surface area contributed by atoms with Crippen LogP contribution < -0.4 is 0 Å². The number of ether oxygens (including phenoxy) is 2. The fourth-order valence-corrected chi connectivity index (χ4v) is 3.49. The van der Waals surface area contributed by atoms with Crippen LogP contribution in [-0.4, -0.2) is 41.3 Å². The molecule has 2 aliphatic heterocycles. The summed E-state index contributed by atoms with van der Waals surface area (Å²) in [5.74, 6) is 0.841. The van der Waals surface area contributed by atoms with E-state index in [1.165, 1.54) is 25.7 Å². The number of rotatable bonds is 3. The second-order valence-corrected chi connectivity index (χ2v) is 7.68. The molecule has 0 aromatic carbocycles. The van der Waals surface area contributed by atoms with Gasteiger partial charge in [0, 0.05) is 18.7 Å². The molecule has 1 aliphatic carbocycles. The molecule has 3 aliphatic rings. The molecule has 4 heteroatoms. The molecule has 3 rings (SSSR count).